The lowest BCUT2D eigenvalue weighted by Gasteiger charge is -2.09. The maximum Gasteiger partial charge on any atom is 0.124 e. The molecule has 1 aliphatic rings. The Morgan fingerprint density at radius 3 is 2.96 bits per heavy atom. The molecule has 0 spiro atoms. The molecule has 0 amide bonds. The third-order valence-electron chi connectivity index (χ3n) is 4.40. The first-order chi connectivity index (χ1) is 12.2. The molecule has 1 aliphatic carbocycles. The summed E-state index contributed by atoms with van der Waals surface area (Å²) in [4.78, 5) is 4.50. The Morgan fingerprint density at radius 1 is 1.28 bits per heavy atom. The summed E-state index contributed by atoms with van der Waals surface area (Å²) in [5, 5.41) is 15.7. The fourth-order valence-electron chi connectivity index (χ4n) is 3.13. The van der Waals surface area contributed by atoms with Crippen molar-refractivity contribution in [3.8, 4) is 5.75 Å². The Kier molecular flexibility index (Phi) is 6.10. The van der Waals surface area contributed by atoms with Gasteiger partial charge in [0.1, 0.15) is 5.75 Å². The zero-order chi connectivity index (χ0) is 17.6. The van der Waals surface area contributed by atoms with E-state index < -0.39 is 0 Å². The summed E-state index contributed by atoms with van der Waals surface area (Å²) in [6, 6.07) is 11.7. The van der Waals surface area contributed by atoms with Gasteiger partial charge in [0.15, 0.2) is 0 Å². The third kappa shape index (κ3) is 4.22. The normalized spacial score (nSPS) is 14.6. The Hall–Kier alpha value is -1.85. The fourth-order valence-corrected chi connectivity index (χ4v) is 3.83. The van der Waals surface area contributed by atoms with Gasteiger partial charge in [-0.25, -0.2) is 0 Å². The van der Waals surface area contributed by atoms with Crippen molar-refractivity contribution >= 4 is 45.2 Å². The van der Waals surface area contributed by atoms with Crippen molar-refractivity contribution in [1.29, 1.82) is 0 Å². The van der Waals surface area contributed by atoms with Crippen LogP contribution in [0.15, 0.2) is 52.7 Å². The second-order valence-corrected chi connectivity index (χ2v) is 7.47. The third-order valence-corrected chi connectivity index (χ3v) is 5.76. The lowest BCUT2D eigenvalue weighted by Crippen LogP contribution is -2.18. The molecule has 0 unspecified atom stereocenters. The molecule has 0 radical (unpaired) electrons. The lowest BCUT2D eigenvalue weighted by molar-refractivity contribution is 0.475. The van der Waals surface area contributed by atoms with Crippen LogP contribution < -0.4 is 5.32 Å². The number of fused-ring (bicyclic) bond motifs is 1. The van der Waals surface area contributed by atoms with E-state index in [2.05, 4.69) is 10.3 Å². The Bertz CT molecular complexity index is 843. The first-order valence-corrected chi connectivity index (χ1v) is 10.1. The minimum Gasteiger partial charge on any atom is -0.507 e. The summed E-state index contributed by atoms with van der Waals surface area (Å²) in [5.41, 5.74) is 3.36. The molecule has 2 N–H and O–H groups in total. The standard InChI is InChI=1S/C20H22N2OS2/c1-25-20(24)16-7-4-8-18(16)22-12-11-21-13-17-15-6-3-2-5-14(15)9-10-19(17)23/h2-3,5-6,9-10,13,22-23H,4,7-8,11-12H2,1H3. The van der Waals surface area contributed by atoms with Crippen LogP contribution in [0.2, 0.25) is 0 Å². The predicted molar refractivity (Wildman–Crippen MR) is 113 cm³/mol. The van der Waals surface area contributed by atoms with E-state index >= 15 is 0 Å². The number of aromatic hydroxyl groups is 1. The van der Waals surface area contributed by atoms with Crippen LogP contribution in [0.4, 0.5) is 0 Å². The number of phenolic OH excluding ortho intramolecular Hbond substituents is 1. The van der Waals surface area contributed by atoms with E-state index in [1.807, 2.05) is 36.6 Å². The second kappa shape index (κ2) is 8.50. The SMILES string of the molecule is CSC(=S)C1=C(NCCN=Cc2c(O)ccc3ccccc23)CCC1. The average Bonchev–Trinajstić information content (AvgIpc) is 3.11. The Labute approximate surface area is 158 Å². The van der Waals surface area contributed by atoms with Crippen LogP contribution in [-0.4, -0.2) is 34.9 Å². The van der Waals surface area contributed by atoms with Gasteiger partial charge in [-0.05, 0) is 47.9 Å². The van der Waals surface area contributed by atoms with Gasteiger partial charge in [-0.15, -0.1) is 11.8 Å². The van der Waals surface area contributed by atoms with Gasteiger partial charge in [0.2, 0.25) is 0 Å². The van der Waals surface area contributed by atoms with E-state index in [1.165, 1.54) is 17.7 Å². The molecule has 0 saturated carbocycles. The number of thioether (sulfide) groups is 1. The summed E-state index contributed by atoms with van der Waals surface area (Å²) in [7, 11) is 0. The number of thiocarbonyl (C=S) groups is 1. The van der Waals surface area contributed by atoms with Crippen molar-refractivity contribution in [1.82, 2.24) is 5.32 Å². The number of benzene rings is 2. The van der Waals surface area contributed by atoms with Crippen molar-refractivity contribution in [3.05, 3.63) is 53.2 Å². The molecule has 5 heteroatoms. The van der Waals surface area contributed by atoms with Crippen LogP contribution >= 0.6 is 24.0 Å². The van der Waals surface area contributed by atoms with Gasteiger partial charge < -0.3 is 10.4 Å². The lowest BCUT2D eigenvalue weighted by atomic mass is 10.0. The largest absolute Gasteiger partial charge is 0.507 e. The predicted octanol–water partition coefficient (Wildman–Crippen LogP) is 4.68. The Balaban J connectivity index is 1.63. The molecule has 25 heavy (non-hydrogen) atoms. The first kappa shape index (κ1) is 18.0. The average molecular weight is 371 g/mol. The van der Waals surface area contributed by atoms with E-state index in [9.17, 15) is 5.11 Å². The van der Waals surface area contributed by atoms with Gasteiger partial charge in [-0.2, -0.15) is 0 Å². The first-order valence-electron chi connectivity index (χ1n) is 8.45. The molecular formula is C20H22N2OS2. The second-order valence-electron chi connectivity index (χ2n) is 5.98. The molecular weight excluding hydrogens is 348 g/mol. The van der Waals surface area contributed by atoms with E-state index in [1.54, 1.807) is 24.0 Å². The van der Waals surface area contributed by atoms with Gasteiger partial charge in [-0.3, -0.25) is 4.99 Å². The van der Waals surface area contributed by atoms with Gasteiger partial charge in [0, 0.05) is 24.0 Å². The van der Waals surface area contributed by atoms with Crippen LogP contribution in [0.5, 0.6) is 5.75 Å². The van der Waals surface area contributed by atoms with E-state index in [0.29, 0.717) is 6.54 Å². The highest BCUT2D eigenvalue weighted by atomic mass is 32.2. The highest BCUT2D eigenvalue weighted by molar-refractivity contribution is 8.23. The highest BCUT2D eigenvalue weighted by Crippen LogP contribution is 2.28. The monoisotopic (exact) mass is 370 g/mol. The molecule has 3 nitrogen and oxygen atoms in total. The van der Waals surface area contributed by atoms with Gasteiger partial charge >= 0.3 is 0 Å². The van der Waals surface area contributed by atoms with E-state index in [-0.39, 0.29) is 5.75 Å². The smallest absolute Gasteiger partial charge is 0.124 e. The maximum atomic E-state index is 10.1. The molecule has 3 rings (SSSR count). The molecule has 0 bridgehead atoms. The molecule has 130 valence electrons. The van der Waals surface area contributed by atoms with E-state index in [4.69, 9.17) is 12.2 Å². The van der Waals surface area contributed by atoms with Crippen LogP contribution in [-0.2, 0) is 0 Å². The number of nitrogens with zero attached hydrogens (tertiary/aromatic N) is 1. The van der Waals surface area contributed by atoms with Crippen molar-refractivity contribution in [2.24, 2.45) is 4.99 Å². The number of phenols is 1. The summed E-state index contributed by atoms with van der Waals surface area (Å²) in [6.45, 7) is 1.43. The summed E-state index contributed by atoms with van der Waals surface area (Å²) < 4.78 is 1.00. The van der Waals surface area contributed by atoms with Crippen LogP contribution in [0, 0.1) is 0 Å². The number of hydrogen-bond donors (Lipinski definition) is 2. The van der Waals surface area contributed by atoms with Gasteiger partial charge in [-0.1, -0.05) is 42.5 Å². The highest BCUT2D eigenvalue weighted by Gasteiger charge is 2.17. The fraction of sp³-hybridized carbons (Fsp3) is 0.300. The zero-order valence-corrected chi connectivity index (χ0v) is 15.9. The van der Waals surface area contributed by atoms with Crippen LogP contribution in [0.25, 0.3) is 10.8 Å². The minimum atomic E-state index is 0.265. The molecule has 0 fully saturated rings. The van der Waals surface area contributed by atoms with Crippen LogP contribution in [0.1, 0.15) is 24.8 Å². The number of aliphatic imine (C=N–C) groups is 1. The number of allylic oxidation sites excluding steroid dienone is 1. The van der Waals surface area contributed by atoms with Crippen molar-refractivity contribution in [2.45, 2.75) is 19.3 Å². The van der Waals surface area contributed by atoms with Crippen molar-refractivity contribution in [3.63, 3.8) is 0 Å². The number of rotatable bonds is 6. The van der Waals surface area contributed by atoms with Crippen LogP contribution in [0.3, 0.4) is 0 Å². The van der Waals surface area contributed by atoms with Gasteiger partial charge in [0.25, 0.3) is 0 Å². The molecule has 2 aromatic rings. The molecule has 2 aromatic carbocycles. The summed E-state index contributed by atoms with van der Waals surface area (Å²) >= 11 is 7.07. The quantitative estimate of drug-likeness (QED) is 0.440. The number of nitrogens with one attached hydrogen (secondary N) is 1. The molecule has 0 atom stereocenters. The topological polar surface area (TPSA) is 44.6 Å². The molecule has 0 aliphatic heterocycles. The van der Waals surface area contributed by atoms with Crippen molar-refractivity contribution < 1.29 is 5.11 Å². The van der Waals surface area contributed by atoms with E-state index in [0.717, 1.165) is 39.9 Å². The maximum absolute atomic E-state index is 10.1. The number of hydrogen-bond acceptors (Lipinski definition) is 5. The Morgan fingerprint density at radius 2 is 2.12 bits per heavy atom. The van der Waals surface area contributed by atoms with Gasteiger partial charge in [0.05, 0.1) is 10.7 Å². The zero-order valence-electron chi connectivity index (χ0n) is 14.3. The molecule has 0 heterocycles. The van der Waals surface area contributed by atoms with Crippen molar-refractivity contribution in [2.75, 3.05) is 19.3 Å². The molecule has 0 aromatic heterocycles. The molecule has 0 saturated heterocycles. The summed E-state index contributed by atoms with van der Waals surface area (Å²) in [5.74, 6) is 0.265. The summed E-state index contributed by atoms with van der Waals surface area (Å²) in [6.07, 6.45) is 7.13. The minimum absolute atomic E-state index is 0.265.